The number of sulfonamides is 1. The zero-order chi connectivity index (χ0) is 18.7. The van der Waals surface area contributed by atoms with Crippen molar-refractivity contribution in [3.05, 3.63) is 65.8 Å². The highest BCUT2D eigenvalue weighted by Gasteiger charge is 2.22. The molecule has 8 heteroatoms. The molecule has 26 heavy (non-hydrogen) atoms. The van der Waals surface area contributed by atoms with Crippen LogP contribution in [0.2, 0.25) is 5.02 Å². The Morgan fingerprint density at radius 1 is 1.12 bits per heavy atom. The Hall–Kier alpha value is -2.48. The lowest BCUT2D eigenvalue weighted by Crippen LogP contribution is -2.41. The van der Waals surface area contributed by atoms with E-state index in [1.165, 1.54) is 31.2 Å². The van der Waals surface area contributed by atoms with Gasteiger partial charge in [-0.15, -0.1) is 0 Å². The maximum absolute atomic E-state index is 12.3. The second-order valence-corrected chi connectivity index (χ2v) is 7.85. The van der Waals surface area contributed by atoms with Gasteiger partial charge in [0.25, 0.3) is 0 Å². The molecule has 2 aromatic carbocycles. The number of halogens is 1. The van der Waals surface area contributed by atoms with Crippen LogP contribution in [0.4, 0.5) is 5.69 Å². The molecule has 1 amide bonds. The van der Waals surface area contributed by atoms with Crippen LogP contribution in [0.3, 0.4) is 0 Å². The molecule has 0 aliphatic heterocycles. The molecule has 0 radical (unpaired) electrons. The van der Waals surface area contributed by atoms with Gasteiger partial charge in [-0.3, -0.25) is 9.78 Å². The molecular weight excluding hydrogens is 374 g/mol. The number of carbonyl (C=O) groups is 1. The minimum Gasteiger partial charge on any atom is -0.325 e. The van der Waals surface area contributed by atoms with Crippen molar-refractivity contribution in [2.45, 2.75) is 17.9 Å². The summed E-state index contributed by atoms with van der Waals surface area (Å²) >= 11 is 5.77. The molecule has 1 atom stereocenters. The standard InChI is InChI=1S/C18H16ClN3O3S/c1-12(22-26(24,25)16-7-4-14(19)5-8-16)18(23)21-15-6-9-17-13(11-15)3-2-10-20-17/h2-12,22H,1H3,(H,21,23). The van der Waals surface area contributed by atoms with Crippen LogP contribution in [0.15, 0.2) is 65.7 Å². The first-order chi connectivity index (χ1) is 12.3. The average molecular weight is 390 g/mol. The summed E-state index contributed by atoms with van der Waals surface area (Å²) in [5.41, 5.74) is 1.37. The molecule has 1 heterocycles. The van der Waals surface area contributed by atoms with Crippen LogP contribution >= 0.6 is 11.6 Å². The monoisotopic (exact) mass is 389 g/mol. The molecule has 2 N–H and O–H groups in total. The van der Waals surface area contributed by atoms with Gasteiger partial charge in [0.2, 0.25) is 15.9 Å². The second-order valence-electron chi connectivity index (χ2n) is 5.70. The minimum absolute atomic E-state index is 0.0401. The lowest BCUT2D eigenvalue weighted by atomic mass is 10.2. The first-order valence-electron chi connectivity index (χ1n) is 7.79. The van der Waals surface area contributed by atoms with Crippen LogP contribution in [0.5, 0.6) is 0 Å². The smallest absolute Gasteiger partial charge is 0.242 e. The fraction of sp³-hybridized carbons (Fsp3) is 0.111. The number of benzene rings is 2. The Kier molecular flexibility index (Phi) is 5.22. The summed E-state index contributed by atoms with van der Waals surface area (Å²) in [5, 5.41) is 4.01. The van der Waals surface area contributed by atoms with Crippen molar-refractivity contribution in [2.75, 3.05) is 5.32 Å². The molecule has 6 nitrogen and oxygen atoms in total. The third-order valence-electron chi connectivity index (χ3n) is 3.72. The second kappa shape index (κ2) is 7.41. The molecule has 0 aliphatic carbocycles. The largest absolute Gasteiger partial charge is 0.325 e. The Morgan fingerprint density at radius 2 is 1.85 bits per heavy atom. The number of hydrogen-bond donors (Lipinski definition) is 2. The Morgan fingerprint density at radius 3 is 2.58 bits per heavy atom. The van der Waals surface area contributed by atoms with Gasteiger partial charge in [-0.1, -0.05) is 17.7 Å². The van der Waals surface area contributed by atoms with E-state index in [0.29, 0.717) is 10.7 Å². The molecule has 3 aromatic rings. The summed E-state index contributed by atoms with van der Waals surface area (Å²) in [4.78, 5) is 16.6. The van der Waals surface area contributed by atoms with Gasteiger partial charge in [-0.25, -0.2) is 8.42 Å². The number of amides is 1. The highest BCUT2D eigenvalue weighted by molar-refractivity contribution is 7.89. The Balaban J connectivity index is 1.71. The number of fused-ring (bicyclic) bond motifs is 1. The molecule has 0 bridgehead atoms. The summed E-state index contributed by atoms with van der Waals surface area (Å²) < 4.78 is 27.0. The van der Waals surface area contributed by atoms with E-state index >= 15 is 0 Å². The minimum atomic E-state index is -3.83. The molecule has 3 rings (SSSR count). The highest BCUT2D eigenvalue weighted by Crippen LogP contribution is 2.18. The normalized spacial score (nSPS) is 12.7. The zero-order valence-corrected chi connectivity index (χ0v) is 15.4. The maximum atomic E-state index is 12.3. The number of nitrogens with zero attached hydrogens (tertiary/aromatic N) is 1. The van der Waals surface area contributed by atoms with Crippen molar-refractivity contribution in [3.8, 4) is 0 Å². The van der Waals surface area contributed by atoms with Crippen LogP contribution in [-0.4, -0.2) is 25.4 Å². The number of anilines is 1. The van der Waals surface area contributed by atoms with E-state index in [-0.39, 0.29) is 4.90 Å². The van der Waals surface area contributed by atoms with Gasteiger partial charge in [0.05, 0.1) is 16.5 Å². The number of aromatic nitrogens is 1. The van der Waals surface area contributed by atoms with Gasteiger partial charge in [-0.2, -0.15) is 4.72 Å². The van der Waals surface area contributed by atoms with Gasteiger partial charge < -0.3 is 5.32 Å². The SMILES string of the molecule is CC(NS(=O)(=O)c1ccc(Cl)cc1)C(=O)Nc1ccc2ncccc2c1. The molecule has 0 spiro atoms. The fourth-order valence-electron chi connectivity index (χ4n) is 2.37. The third-order valence-corrected chi connectivity index (χ3v) is 5.53. The number of pyridine rings is 1. The summed E-state index contributed by atoms with van der Waals surface area (Å²) in [6.45, 7) is 1.48. The first-order valence-corrected chi connectivity index (χ1v) is 9.65. The van der Waals surface area contributed by atoms with Gasteiger partial charge >= 0.3 is 0 Å². The van der Waals surface area contributed by atoms with E-state index in [9.17, 15) is 13.2 Å². The Bertz CT molecular complexity index is 1050. The van der Waals surface area contributed by atoms with E-state index in [2.05, 4.69) is 15.0 Å². The summed E-state index contributed by atoms with van der Waals surface area (Å²) in [6.07, 6.45) is 1.69. The van der Waals surface area contributed by atoms with Crippen molar-refractivity contribution in [1.82, 2.24) is 9.71 Å². The van der Waals surface area contributed by atoms with Crippen molar-refractivity contribution in [3.63, 3.8) is 0 Å². The predicted octanol–water partition coefficient (Wildman–Crippen LogP) is 3.19. The predicted molar refractivity (Wildman–Crippen MR) is 102 cm³/mol. The van der Waals surface area contributed by atoms with Crippen LogP contribution in [0, 0.1) is 0 Å². The molecular formula is C18H16ClN3O3S. The van der Waals surface area contributed by atoms with E-state index in [1.807, 2.05) is 6.07 Å². The quantitative estimate of drug-likeness (QED) is 0.701. The lowest BCUT2D eigenvalue weighted by molar-refractivity contribution is -0.117. The summed E-state index contributed by atoms with van der Waals surface area (Å²) in [6, 6.07) is 13.7. The number of nitrogens with one attached hydrogen (secondary N) is 2. The molecule has 0 saturated carbocycles. The average Bonchev–Trinajstić information content (AvgIpc) is 2.61. The van der Waals surface area contributed by atoms with Crippen LogP contribution in [0.1, 0.15) is 6.92 Å². The van der Waals surface area contributed by atoms with E-state index in [4.69, 9.17) is 11.6 Å². The fourth-order valence-corrected chi connectivity index (χ4v) is 3.70. The zero-order valence-electron chi connectivity index (χ0n) is 13.8. The molecule has 0 aliphatic rings. The van der Waals surface area contributed by atoms with Crippen molar-refractivity contribution in [2.24, 2.45) is 0 Å². The van der Waals surface area contributed by atoms with Crippen molar-refractivity contribution < 1.29 is 13.2 Å². The van der Waals surface area contributed by atoms with E-state index in [1.54, 1.807) is 30.5 Å². The first kappa shape index (κ1) is 18.3. The third kappa shape index (κ3) is 4.19. The molecule has 0 saturated heterocycles. The Labute approximate surface area is 156 Å². The van der Waals surface area contributed by atoms with Crippen LogP contribution < -0.4 is 10.0 Å². The highest BCUT2D eigenvalue weighted by atomic mass is 35.5. The van der Waals surface area contributed by atoms with E-state index < -0.39 is 22.0 Å². The van der Waals surface area contributed by atoms with Crippen LogP contribution in [-0.2, 0) is 14.8 Å². The molecule has 134 valence electrons. The summed E-state index contributed by atoms with van der Waals surface area (Å²) in [5.74, 6) is -0.467. The lowest BCUT2D eigenvalue weighted by Gasteiger charge is -2.15. The molecule has 1 unspecified atom stereocenters. The van der Waals surface area contributed by atoms with Crippen LogP contribution in [0.25, 0.3) is 10.9 Å². The summed E-state index contributed by atoms with van der Waals surface area (Å²) in [7, 11) is -3.83. The van der Waals surface area contributed by atoms with Gasteiger partial charge in [0.1, 0.15) is 0 Å². The van der Waals surface area contributed by atoms with Gasteiger partial charge in [0, 0.05) is 22.3 Å². The maximum Gasteiger partial charge on any atom is 0.242 e. The number of carbonyl (C=O) groups excluding carboxylic acids is 1. The molecule has 0 fully saturated rings. The topological polar surface area (TPSA) is 88.2 Å². The van der Waals surface area contributed by atoms with Gasteiger partial charge in [-0.05, 0) is 55.5 Å². The van der Waals surface area contributed by atoms with E-state index in [0.717, 1.165) is 10.9 Å². The number of rotatable bonds is 5. The van der Waals surface area contributed by atoms with Crippen molar-refractivity contribution in [1.29, 1.82) is 0 Å². The van der Waals surface area contributed by atoms with Crippen molar-refractivity contribution >= 4 is 44.1 Å². The number of hydrogen-bond acceptors (Lipinski definition) is 4. The molecule has 1 aromatic heterocycles. The van der Waals surface area contributed by atoms with Gasteiger partial charge in [0.15, 0.2) is 0 Å².